The maximum absolute atomic E-state index is 12.4. The normalized spacial score (nSPS) is 10.8. The van der Waals surface area contributed by atoms with E-state index in [-0.39, 0.29) is 11.5 Å². The van der Waals surface area contributed by atoms with Gasteiger partial charge in [0.05, 0.1) is 11.4 Å². The lowest BCUT2D eigenvalue weighted by Crippen LogP contribution is -2.26. The van der Waals surface area contributed by atoms with E-state index in [0.717, 1.165) is 17.0 Å². The first-order valence-electron chi connectivity index (χ1n) is 9.42. The number of rotatable bonds is 7. The van der Waals surface area contributed by atoms with Crippen LogP contribution in [0.5, 0.6) is 0 Å². The summed E-state index contributed by atoms with van der Waals surface area (Å²) in [7, 11) is 0. The maximum atomic E-state index is 12.4. The first-order valence-corrected chi connectivity index (χ1v) is 9.42. The van der Waals surface area contributed by atoms with Crippen LogP contribution in [0.25, 0.3) is 11.3 Å². The van der Waals surface area contributed by atoms with Crippen molar-refractivity contribution >= 4 is 5.91 Å². The van der Waals surface area contributed by atoms with E-state index in [4.69, 9.17) is 0 Å². The number of aromatic nitrogens is 3. The van der Waals surface area contributed by atoms with Crippen LogP contribution in [-0.2, 0) is 6.54 Å². The van der Waals surface area contributed by atoms with Gasteiger partial charge in [0.25, 0.3) is 5.91 Å². The summed E-state index contributed by atoms with van der Waals surface area (Å²) in [6.45, 7) is 5.21. The Balaban J connectivity index is 1.59. The Hall–Kier alpha value is -3.28. The van der Waals surface area contributed by atoms with Crippen LogP contribution in [0.3, 0.4) is 0 Å². The number of aryl methyl sites for hydroxylation is 1. The molecule has 0 fully saturated rings. The zero-order valence-corrected chi connectivity index (χ0v) is 16.1. The highest BCUT2D eigenvalue weighted by atomic mass is 16.1. The Labute approximate surface area is 164 Å². The summed E-state index contributed by atoms with van der Waals surface area (Å²) in [6.07, 6.45) is 2.43. The summed E-state index contributed by atoms with van der Waals surface area (Å²) in [6, 6.07) is 16.3. The van der Waals surface area contributed by atoms with Crippen molar-refractivity contribution in [3.05, 3.63) is 82.4 Å². The quantitative estimate of drug-likeness (QED) is 0.642. The minimum absolute atomic E-state index is 0.0360. The van der Waals surface area contributed by atoms with Crippen LogP contribution in [0, 0.1) is 0 Å². The van der Waals surface area contributed by atoms with Gasteiger partial charge in [0.15, 0.2) is 0 Å². The molecule has 0 aliphatic carbocycles. The average Bonchev–Trinajstić information content (AvgIpc) is 2.72. The minimum Gasteiger partial charge on any atom is -0.352 e. The smallest absolute Gasteiger partial charge is 0.251 e. The Morgan fingerprint density at radius 1 is 1.07 bits per heavy atom. The Morgan fingerprint density at radius 3 is 2.64 bits per heavy atom. The fraction of sp³-hybridized carbons (Fsp3) is 0.273. The van der Waals surface area contributed by atoms with Crippen molar-refractivity contribution in [1.82, 2.24) is 20.1 Å². The minimum atomic E-state index is -0.144. The Kier molecular flexibility index (Phi) is 6.32. The third kappa shape index (κ3) is 4.91. The SMILES string of the molecule is CC(C)c1ccc(-c2cccc(C(=O)NCCCn3ccccc3=O)c2)nn1. The number of carbonyl (C=O) groups is 1. The summed E-state index contributed by atoms with van der Waals surface area (Å²) >= 11 is 0. The van der Waals surface area contributed by atoms with Crippen molar-refractivity contribution in [1.29, 1.82) is 0 Å². The van der Waals surface area contributed by atoms with Gasteiger partial charge < -0.3 is 9.88 Å². The molecular formula is C22H24N4O2. The number of hydrogen-bond acceptors (Lipinski definition) is 4. The largest absolute Gasteiger partial charge is 0.352 e. The van der Waals surface area contributed by atoms with Crippen LogP contribution in [-0.4, -0.2) is 27.2 Å². The fourth-order valence-corrected chi connectivity index (χ4v) is 2.82. The zero-order valence-electron chi connectivity index (χ0n) is 16.1. The van der Waals surface area contributed by atoms with E-state index < -0.39 is 0 Å². The van der Waals surface area contributed by atoms with Gasteiger partial charge in [-0.25, -0.2) is 0 Å². The standard InChI is InChI=1S/C22H24N4O2/c1-16(2)19-10-11-20(25-24-19)17-7-5-8-18(15-17)22(28)23-12-6-14-26-13-4-3-9-21(26)27/h3-5,7-11,13,15-16H,6,12,14H2,1-2H3,(H,23,28). The van der Waals surface area contributed by atoms with E-state index in [2.05, 4.69) is 29.4 Å². The van der Waals surface area contributed by atoms with E-state index >= 15 is 0 Å². The number of benzene rings is 1. The monoisotopic (exact) mass is 376 g/mol. The summed E-state index contributed by atoms with van der Waals surface area (Å²) in [4.78, 5) is 24.1. The molecule has 0 saturated carbocycles. The second-order valence-electron chi connectivity index (χ2n) is 6.92. The molecule has 6 nitrogen and oxygen atoms in total. The number of amides is 1. The van der Waals surface area contributed by atoms with Gasteiger partial charge in [0.1, 0.15) is 0 Å². The van der Waals surface area contributed by atoms with Crippen molar-refractivity contribution in [2.24, 2.45) is 0 Å². The zero-order chi connectivity index (χ0) is 19.9. The second-order valence-corrected chi connectivity index (χ2v) is 6.92. The summed E-state index contributed by atoms with van der Waals surface area (Å²) < 4.78 is 1.63. The van der Waals surface area contributed by atoms with Gasteiger partial charge in [-0.3, -0.25) is 9.59 Å². The highest BCUT2D eigenvalue weighted by molar-refractivity contribution is 5.95. The van der Waals surface area contributed by atoms with Gasteiger partial charge in [-0.1, -0.05) is 32.0 Å². The van der Waals surface area contributed by atoms with Gasteiger partial charge >= 0.3 is 0 Å². The molecule has 0 aliphatic heterocycles. The van der Waals surface area contributed by atoms with Crippen molar-refractivity contribution < 1.29 is 4.79 Å². The number of hydrogen-bond donors (Lipinski definition) is 1. The first-order chi connectivity index (χ1) is 13.5. The van der Waals surface area contributed by atoms with Crippen molar-refractivity contribution in [2.45, 2.75) is 32.7 Å². The molecule has 0 spiro atoms. The first kappa shape index (κ1) is 19.5. The van der Waals surface area contributed by atoms with Crippen LogP contribution in [0.15, 0.2) is 65.6 Å². The molecule has 144 valence electrons. The van der Waals surface area contributed by atoms with Crippen molar-refractivity contribution in [3.8, 4) is 11.3 Å². The molecule has 0 bridgehead atoms. The number of nitrogens with zero attached hydrogens (tertiary/aromatic N) is 3. The van der Waals surface area contributed by atoms with Crippen LogP contribution >= 0.6 is 0 Å². The second kappa shape index (κ2) is 9.08. The lowest BCUT2D eigenvalue weighted by molar-refractivity contribution is 0.0952. The predicted molar refractivity (Wildman–Crippen MR) is 109 cm³/mol. The molecule has 2 aromatic heterocycles. The molecule has 0 unspecified atom stereocenters. The highest BCUT2D eigenvalue weighted by Gasteiger charge is 2.09. The molecule has 6 heteroatoms. The van der Waals surface area contributed by atoms with Gasteiger partial charge in [0.2, 0.25) is 5.56 Å². The van der Waals surface area contributed by atoms with Crippen LogP contribution in [0.2, 0.25) is 0 Å². The van der Waals surface area contributed by atoms with Gasteiger partial charge in [-0.05, 0) is 42.7 Å². The number of carbonyl (C=O) groups excluding carboxylic acids is 1. The molecule has 0 radical (unpaired) electrons. The predicted octanol–water partition coefficient (Wildman–Crippen LogP) is 3.25. The third-order valence-electron chi connectivity index (χ3n) is 4.46. The fourth-order valence-electron chi connectivity index (χ4n) is 2.82. The van der Waals surface area contributed by atoms with E-state index in [1.165, 1.54) is 6.07 Å². The van der Waals surface area contributed by atoms with E-state index in [1.54, 1.807) is 22.9 Å². The van der Waals surface area contributed by atoms with E-state index in [1.807, 2.05) is 36.4 Å². The number of nitrogens with one attached hydrogen (secondary N) is 1. The summed E-state index contributed by atoms with van der Waals surface area (Å²) in [5.41, 5.74) is 3.07. The highest BCUT2D eigenvalue weighted by Crippen LogP contribution is 2.19. The van der Waals surface area contributed by atoms with Gasteiger partial charge in [-0.15, -0.1) is 0 Å². The Bertz CT molecular complexity index is 994. The van der Waals surface area contributed by atoms with Crippen molar-refractivity contribution in [2.75, 3.05) is 6.54 Å². The average molecular weight is 376 g/mol. The molecule has 0 aliphatic rings. The van der Waals surface area contributed by atoms with Crippen LogP contribution in [0.4, 0.5) is 0 Å². The van der Waals surface area contributed by atoms with Crippen LogP contribution in [0.1, 0.15) is 42.2 Å². The lowest BCUT2D eigenvalue weighted by atomic mass is 10.1. The van der Waals surface area contributed by atoms with E-state index in [0.29, 0.717) is 31.0 Å². The molecule has 1 N–H and O–H groups in total. The molecule has 1 amide bonds. The molecular weight excluding hydrogens is 352 g/mol. The number of pyridine rings is 1. The van der Waals surface area contributed by atoms with Gasteiger partial charge in [0, 0.05) is 36.5 Å². The Morgan fingerprint density at radius 2 is 1.93 bits per heavy atom. The maximum Gasteiger partial charge on any atom is 0.251 e. The lowest BCUT2D eigenvalue weighted by Gasteiger charge is -2.08. The molecule has 28 heavy (non-hydrogen) atoms. The van der Waals surface area contributed by atoms with Gasteiger partial charge in [-0.2, -0.15) is 10.2 Å². The molecule has 3 rings (SSSR count). The van der Waals surface area contributed by atoms with Crippen LogP contribution < -0.4 is 10.9 Å². The molecule has 2 heterocycles. The molecule has 0 atom stereocenters. The molecule has 3 aromatic rings. The van der Waals surface area contributed by atoms with E-state index in [9.17, 15) is 9.59 Å². The summed E-state index contributed by atoms with van der Waals surface area (Å²) in [5.74, 6) is 0.180. The topological polar surface area (TPSA) is 76.9 Å². The molecule has 1 aromatic carbocycles. The van der Waals surface area contributed by atoms with Crippen molar-refractivity contribution in [3.63, 3.8) is 0 Å². The molecule has 0 saturated heterocycles. The third-order valence-corrected chi connectivity index (χ3v) is 4.46. The summed E-state index contributed by atoms with van der Waals surface area (Å²) in [5, 5.41) is 11.4.